The summed E-state index contributed by atoms with van der Waals surface area (Å²) in [5.74, 6) is 0.580. The molecule has 1 atom stereocenters. The highest BCUT2D eigenvalue weighted by Gasteiger charge is 2.30. The fraction of sp³-hybridized carbons (Fsp3) is 0.435. The predicted molar refractivity (Wildman–Crippen MR) is 126 cm³/mol. The number of nitrogens with one attached hydrogen (secondary N) is 1. The number of halogens is 1. The molecule has 2 amide bonds. The molecule has 0 spiro atoms. The lowest BCUT2D eigenvalue weighted by atomic mass is 10.1. The number of carbonyl (C=O) groups is 2. The first-order chi connectivity index (χ1) is 14.5. The van der Waals surface area contributed by atoms with Crippen molar-refractivity contribution in [2.45, 2.75) is 46.3 Å². The number of aryl methyl sites for hydroxylation is 1. The predicted octanol–water partition coefficient (Wildman–Crippen LogP) is 4.85. The number of aromatic nitrogens is 1. The summed E-state index contributed by atoms with van der Waals surface area (Å²) >= 11 is 3.46. The van der Waals surface area contributed by atoms with Gasteiger partial charge in [0, 0.05) is 42.0 Å². The third-order valence-corrected chi connectivity index (χ3v) is 5.89. The quantitative estimate of drug-likeness (QED) is 0.667. The van der Waals surface area contributed by atoms with E-state index in [9.17, 15) is 9.59 Å². The van der Waals surface area contributed by atoms with E-state index < -0.39 is 5.60 Å². The fourth-order valence-corrected chi connectivity index (χ4v) is 3.65. The second kappa shape index (κ2) is 9.26. The lowest BCUT2D eigenvalue weighted by Gasteiger charge is -2.40. The van der Waals surface area contributed by atoms with E-state index in [4.69, 9.17) is 4.74 Å². The van der Waals surface area contributed by atoms with Gasteiger partial charge in [-0.15, -0.1) is 0 Å². The maximum Gasteiger partial charge on any atom is 0.410 e. The number of carbonyl (C=O) groups excluding carboxylic acids is 2. The highest BCUT2D eigenvalue weighted by molar-refractivity contribution is 9.10. The number of anilines is 2. The Kier molecular flexibility index (Phi) is 6.89. The summed E-state index contributed by atoms with van der Waals surface area (Å²) in [5, 5.41) is 2.90. The molecule has 3 rings (SSSR count). The Bertz CT molecular complexity index is 956. The maximum atomic E-state index is 12.6. The first-order valence-electron chi connectivity index (χ1n) is 10.3. The Morgan fingerprint density at radius 1 is 1.19 bits per heavy atom. The second-order valence-corrected chi connectivity index (χ2v) is 9.65. The van der Waals surface area contributed by atoms with Gasteiger partial charge in [-0.1, -0.05) is 15.9 Å². The highest BCUT2D eigenvalue weighted by Crippen LogP contribution is 2.22. The summed E-state index contributed by atoms with van der Waals surface area (Å²) in [7, 11) is 0. The van der Waals surface area contributed by atoms with Crippen LogP contribution in [0.15, 0.2) is 41.0 Å². The van der Waals surface area contributed by atoms with Crippen molar-refractivity contribution in [2.75, 3.05) is 29.9 Å². The molecule has 1 N–H and O–H groups in total. The molecular weight excluding hydrogens is 460 g/mol. The molecule has 2 heterocycles. The van der Waals surface area contributed by atoms with Gasteiger partial charge in [0.25, 0.3) is 5.91 Å². The topological polar surface area (TPSA) is 74.8 Å². The first-order valence-corrected chi connectivity index (χ1v) is 11.1. The second-order valence-electron chi connectivity index (χ2n) is 8.79. The SMILES string of the molecule is Cc1cc(NC(=O)c2ccc(N3CCN(C(=O)OC(C)(C)C)CC3C)nc2)ccc1Br. The van der Waals surface area contributed by atoms with Crippen molar-refractivity contribution < 1.29 is 14.3 Å². The highest BCUT2D eigenvalue weighted by atomic mass is 79.9. The summed E-state index contributed by atoms with van der Waals surface area (Å²) < 4.78 is 6.47. The number of benzene rings is 1. The van der Waals surface area contributed by atoms with Crippen LogP contribution in [-0.4, -0.2) is 53.2 Å². The number of hydrogen-bond donors (Lipinski definition) is 1. The molecule has 0 aliphatic carbocycles. The fourth-order valence-electron chi connectivity index (χ4n) is 3.41. The Morgan fingerprint density at radius 2 is 1.94 bits per heavy atom. The molecule has 166 valence electrons. The van der Waals surface area contributed by atoms with Gasteiger partial charge in [-0.05, 0) is 70.5 Å². The summed E-state index contributed by atoms with van der Waals surface area (Å²) in [6.07, 6.45) is 1.30. The molecule has 0 radical (unpaired) electrons. The van der Waals surface area contributed by atoms with E-state index in [1.165, 1.54) is 0 Å². The number of piperazine rings is 1. The smallest absolute Gasteiger partial charge is 0.410 e. The molecule has 31 heavy (non-hydrogen) atoms. The van der Waals surface area contributed by atoms with Crippen molar-refractivity contribution in [1.29, 1.82) is 0 Å². The third kappa shape index (κ3) is 5.97. The Morgan fingerprint density at radius 3 is 2.52 bits per heavy atom. The van der Waals surface area contributed by atoms with Gasteiger partial charge in [0.2, 0.25) is 0 Å². The first kappa shape index (κ1) is 23.1. The van der Waals surface area contributed by atoms with Crippen molar-refractivity contribution in [3.63, 3.8) is 0 Å². The third-order valence-electron chi connectivity index (χ3n) is 5.00. The van der Waals surface area contributed by atoms with E-state index in [2.05, 4.69) is 38.1 Å². The zero-order valence-corrected chi connectivity index (χ0v) is 20.2. The molecule has 1 unspecified atom stereocenters. The lowest BCUT2D eigenvalue weighted by molar-refractivity contribution is 0.0218. The minimum absolute atomic E-state index is 0.0826. The van der Waals surface area contributed by atoms with E-state index in [-0.39, 0.29) is 18.0 Å². The van der Waals surface area contributed by atoms with Crippen LogP contribution in [0.5, 0.6) is 0 Å². The van der Waals surface area contributed by atoms with Crippen molar-refractivity contribution in [2.24, 2.45) is 0 Å². The molecule has 0 saturated carbocycles. The van der Waals surface area contributed by atoms with E-state index >= 15 is 0 Å². The monoisotopic (exact) mass is 488 g/mol. The summed E-state index contributed by atoms with van der Waals surface area (Å²) in [4.78, 5) is 33.3. The van der Waals surface area contributed by atoms with Crippen LogP contribution in [0.2, 0.25) is 0 Å². The molecule has 1 saturated heterocycles. The number of ether oxygens (including phenoxy) is 1. The average Bonchev–Trinajstić information content (AvgIpc) is 2.69. The van der Waals surface area contributed by atoms with Crippen LogP contribution >= 0.6 is 15.9 Å². The minimum atomic E-state index is -0.510. The van der Waals surface area contributed by atoms with Gasteiger partial charge in [-0.2, -0.15) is 0 Å². The summed E-state index contributed by atoms with van der Waals surface area (Å²) in [6, 6.07) is 9.37. The number of nitrogens with zero attached hydrogens (tertiary/aromatic N) is 3. The molecule has 1 aromatic carbocycles. The Labute approximate surface area is 191 Å². The average molecular weight is 489 g/mol. The molecule has 1 aliphatic rings. The van der Waals surface area contributed by atoms with E-state index in [0.29, 0.717) is 25.2 Å². The van der Waals surface area contributed by atoms with Crippen molar-refractivity contribution >= 4 is 39.4 Å². The van der Waals surface area contributed by atoms with Crippen molar-refractivity contribution in [3.05, 3.63) is 52.1 Å². The molecule has 7 nitrogen and oxygen atoms in total. The van der Waals surface area contributed by atoms with Gasteiger partial charge in [-0.3, -0.25) is 4.79 Å². The number of rotatable bonds is 3. The molecule has 1 aromatic heterocycles. The largest absolute Gasteiger partial charge is 0.444 e. The van der Waals surface area contributed by atoms with Gasteiger partial charge in [0.1, 0.15) is 11.4 Å². The number of hydrogen-bond acceptors (Lipinski definition) is 5. The molecule has 0 bridgehead atoms. The molecule has 8 heteroatoms. The van der Waals surface area contributed by atoms with E-state index in [1.807, 2.05) is 52.0 Å². The van der Waals surface area contributed by atoms with Gasteiger partial charge in [0.05, 0.1) is 5.56 Å². The summed E-state index contributed by atoms with van der Waals surface area (Å²) in [5.41, 5.74) is 1.77. The van der Waals surface area contributed by atoms with E-state index in [1.54, 1.807) is 17.2 Å². The molecule has 1 aliphatic heterocycles. The summed E-state index contributed by atoms with van der Waals surface area (Å²) in [6.45, 7) is 11.4. The van der Waals surface area contributed by atoms with Gasteiger partial charge < -0.3 is 19.9 Å². The number of amides is 2. The van der Waals surface area contributed by atoms with Crippen LogP contribution in [0, 0.1) is 6.92 Å². The van der Waals surface area contributed by atoms with Gasteiger partial charge >= 0.3 is 6.09 Å². The standard InChI is InChI=1S/C23H29BrN4O3/c1-15-12-18(7-8-19(15)24)26-21(29)17-6-9-20(25-13-17)28-11-10-27(14-16(28)2)22(30)31-23(3,4)5/h6-9,12-13,16H,10-11,14H2,1-5H3,(H,26,29). The van der Waals surface area contributed by atoms with Gasteiger partial charge in [0.15, 0.2) is 0 Å². The van der Waals surface area contributed by atoms with Gasteiger partial charge in [-0.25, -0.2) is 9.78 Å². The van der Waals surface area contributed by atoms with Crippen LogP contribution in [0.1, 0.15) is 43.6 Å². The number of pyridine rings is 1. The van der Waals surface area contributed by atoms with Crippen molar-refractivity contribution in [3.8, 4) is 0 Å². The van der Waals surface area contributed by atoms with Crippen LogP contribution < -0.4 is 10.2 Å². The van der Waals surface area contributed by atoms with Crippen molar-refractivity contribution in [1.82, 2.24) is 9.88 Å². The molecule has 1 fully saturated rings. The van der Waals surface area contributed by atoms with E-state index in [0.717, 1.165) is 21.5 Å². The minimum Gasteiger partial charge on any atom is -0.444 e. The zero-order valence-electron chi connectivity index (χ0n) is 18.6. The normalized spacial score (nSPS) is 16.8. The van der Waals surface area contributed by atoms with Crippen LogP contribution in [-0.2, 0) is 4.74 Å². The van der Waals surface area contributed by atoms with Crippen LogP contribution in [0.3, 0.4) is 0 Å². The Hall–Kier alpha value is -2.61. The Balaban J connectivity index is 1.61. The maximum absolute atomic E-state index is 12.6. The van der Waals surface area contributed by atoms with Crippen LogP contribution in [0.25, 0.3) is 0 Å². The lowest BCUT2D eigenvalue weighted by Crippen LogP contribution is -2.54. The molecular formula is C23H29BrN4O3. The van der Waals surface area contributed by atoms with Crippen LogP contribution in [0.4, 0.5) is 16.3 Å². The zero-order chi connectivity index (χ0) is 22.8. The molecule has 2 aromatic rings.